The summed E-state index contributed by atoms with van der Waals surface area (Å²) in [6.45, 7) is 0. The fraction of sp³-hybridized carbons (Fsp3) is 0.400. The van der Waals surface area contributed by atoms with Crippen molar-refractivity contribution in [3.8, 4) is 0 Å². The molecule has 0 fully saturated rings. The smallest absolute Gasteiger partial charge is 0.541 e. The average molecular weight is 244 g/mol. The molecule has 72 valence electrons. The van der Waals surface area contributed by atoms with Gasteiger partial charge in [-0.2, -0.15) is 4.98 Å². The van der Waals surface area contributed by atoms with Crippen LogP contribution in [-0.4, -0.2) is 30.8 Å². The van der Waals surface area contributed by atoms with Crippen molar-refractivity contribution in [1.82, 2.24) is 10.1 Å². The van der Waals surface area contributed by atoms with Crippen molar-refractivity contribution in [2.45, 2.75) is 5.75 Å². The van der Waals surface area contributed by atoms with Crippen LogP contribution in [0.5, 0.6) is 0 Å². The summed E-state index contributed by atoms with van der Waals surface area (Å²) in [6, 6.07) is 0. The van der Waals surface area contributed by atoms with Crippen molar-refractivity contribution in [2.75, 3.05) is 6.26 Å². The summed E-state index contributed by atoms with van der Waals surface area (Å²) in [5, 5.41) is 13.1. The largest absolute Gasteiger partial charge is 1.00 e. The zero-order chi connectivity index (χ0) is 10.1. The van der Waals surface area contributed by atoms with E-state index in [0.29, 0.717) is 0 Å². The van der Waals surface area contributed by atoms with Crippen LogP contribution >= 0.6 is 0 Å². The van der Waals surface area contributed by atoms with Gasteiger partial charge in [0.1, 0.15) is 11.7 Å². The minimum atomic E-state index is -3.30. The van der Waals surface area contributed by atoms with Crippen LogP contribution in [-0.2, 0) is 15.6 Å². The maximum Gasteiger partial charge on any atom is 1.00 e. The second-order valence-electron chi connectivity index (χ2n) is 2.37. The van der Waals surface area contributed by atoms with Crippen molar-refractivity contribution in [2.24, 2.45) is 0 Å². The first-order valence-corrected chi connectivity index (χ1v) is 5.16. The Labute approximate surface area is 122 Å². The molecule has 0 N–H and O–H groups in total. The molecule has 0 spiro atoms. The number of carbonyl (C=O) groups is 1. The van der Waals surface area contributed by atoms with Gasteiger partial charge in [-0.05, 0) is 0 Å². The van der Waals surface area contributed by atoms with E-state index in [1.165, 1.54) is 0 Å². The van der Waals surface area contributed by atoms with E-state index in [4.69, 9.17) is 0 Å². The van der Waals surface area contributed by atoms with E-state index < -0.39 is 27.4 Å². The molecule has 7 nitrogen and oxygen atoms in total. The number of sulfone groups is 1. The van der Waals surface area contributed by atoms with Gasteiger partial charge < -0.3 is 14.4 Å². The number of carbonyl (C=O) groups excluding carboxylic acids is 1. The minimum absolute atomic E-state index is 0. The van der Waals surface area contributed by atoms with Crippen molar-refractivity contribution >= 4 is 15.8 Å². The topological polar surface area (TPSA) is 113 Å². The molecule has 9 heteroatoms. The van der Waals surface area contributed by atoms with Crippen molar-refractivity contribution in [1.29, 1.82) is 0 Å². The average Bonchev–Trinajstić information content (AvgIpc) is 2.31. The second kappa shape index (κ2) is 5.33. The molecule has 0 atom stereocenters. The van der Waals surface area contributed by atoms with Crippen molar-refractivity contribution < 1.29 is 74.2 Å². The summed E-state index contributed by atoms with van der Waals surface area (Å²) in [7, 11) is -3.30. The van der Waals surface area contributed by atoms with Gasteiger partial charge in [0, 0.05) is 6.26 Å². The Kier molecular flexibility index (Phi) is 5.40. The molecule has 1 rings (SSSR count). The fourth-order valence-electron chi connectivity index (χ4n) is 0.621. The first kappa shape index (κ1) is 14.2. The Balaban J connectivity index is 0.00000169. The molecule has 0 aliphatic rings. The van der Waals surface area contributed by atoms with Crippen LogP contribution in [0.15, 0.2) is 4.52 Å². The van der Waals surface area contributed by atoms with Crippen LogP contribution in [0.2, 0.25) is 0 Å². The number of nitrogens with zero attached hydrogens (tertiary/aromatic N) is 2. The maximum atomic E-state index is 10.7. The summed E-state index contributed by atoms with van der Waals surface area (Å²) in [6.07, 6.45) is 0.968. The molecular weight excluding hydrogens is 239 g/mol. The van der Waals surface area contributed by atoms with Crippen LogP contribution in [0.3, 0.4) is 0 Å². The molecule has 0 bridgehead atoms. The Morgan fingerprint density at radius 3 is 2.50 bits per heavy atom. The molecule has 0 aromatic carbocycles. The fourth-order valence-corrected chi connectivity index (χ4v) is 1.19. The van der Waals surface area contributed by atoms with Gasteiger partial charge in [-0.1, -0.05) is 5.16 Å². The molecule has 1 aromatic heterocycles. The quantitative estimate of drug-likeness (QED) is 0.489. The van der Waals surface area contributed by atoms with Crippen LogP contribution in [0.1, 0.15) is 16.5 Å². The van der Waals surface area contributed by atoms with Crippen LogP contribution < -0.4 is 56.5 Å². The van der Waals surface area contributed by atoms with Crippen molar-refractivity contribution in [3.05, 3.63) is 11.7 Å². The number of aromatic nitrogens is 2. The van der Waals surface area contributed by atoms with Crippen molar-refractivity contribution in [3.63, 3.8) is 0 Å². The minimum Gasteiger partial charge on any atom is -0.541 e. The van der Waals surface area contributed by atoms with E-state index in [0.717, 1.165) is 6.26 Å². The van der Waals surface area contributed by atoms with E-state index in [9.17, 15) is 18.3 Å². The Morgan fingerprint density at radius 1 is 1.57 bits per heavy atom. The van der Waals surface area contributed by atoms with Gasteiger partial charge in [0.05, 0.1) is 0 Å². The van der Waals surface area contributed by atoms with Gasteiger partial charge in [-0.3, -0.25) is 0 Å². The molecule has 1 aromatic rings. The van der Waals surface area contributed by atoms with Gasteiger partial charge in [-0.15, -0.1) is 0 Å². The van der Waals surface area contributed by atoms with Gasteiger partial charge in [0.2, 0.25) is 11.7 Å². The second-order valence-corrected chi connectivity index (χ2v) is 4.51. The number of carboxylic acid groups (broad SMARTS) is 1. The monoisotopic (exact) mass is 244 g/mol. The Bertz CT molecular complexity index is 425. The van der Waals surface area contributed by atoms with Crippen LogP contribution in [0, 0.1) is 0 Å². The van der Waals surface area contributed by atoms with Crippen LogP contribution in [0.4, 0.5) is 0 Å². The van der Waals surface area contributed by atoms with Gasteiger partial charge in [0.25, 0.3) is 0 Å². The Morgan fingerprint density at radius 2 is 2.14 bits per heavy atom. The van der Waals surface area contributed by atoms with Gasteiger partial charge in [-0.25, -0.2) is 8.42 Å². The third-order valence-electron chi connectivity index (χ3n) is 1.04. The molecule has 14 heavy (non-hydrogen) atoms. The van der Waals surface area contributed by atoms with E-state index in [1.54, 1.807) is 0 Å². The number of hydrogen-bond donors (Lipinski definition) is 0. The molecule has 0 unspecified atom stereocenters. The molecular formula is C5H5KN2O5S. The first-order chi connectivity index (χ1) is 5.88. The van der Waals surface area contributed by atoms with E-state index >= 15 is 0 Å². The predicted octanol–water partition coefficient (Wildman–Crippen LogP) is -5.02. The number of hydrogen-bond acceptors (Lipinski definition) is 7. The number of carboxylic acids is 1. The summed E-state index contributed by atoms with van der Waals surface area (Å²) < 4.78 is 25.7. The third-order valence-corrected chi connectivity index (χ3v) is 1.81. The standard InChI is InChI=1S/C5H6N2O5S.K/c1-13(10,11)2-3-6-4(5(8)9)7-12-3;/h2H2,1H3,(H,8,9);/q;+1/p-1. The van der Waals surface area contributed by atoms with Crippen LogP contribution in [0.25, 0.3) is 0 Å². The Hall–Kier alpha value is 0.196. The molecule has 0 saturated heterocycles. The predicted molar refractivity (Wildman–Crippen MR) is 37.2 cm³/mol. The SMILES string of the molecule is CS(=O)(=O)Cc1nc(C(=O)[O-])no1.[K+]. The normalized spacial score (nSPS) is 10.6. The summed E-state index contributed by atoms with van der Waals surface area (Å²) >= 11 is 0. The zero-order valence-electron chi connectivity index (χ0n) is 7.55. The molecule has 0 radical (unpaired) electrons. The molecule has 0 amide bonds. The molecule has 0 saturated carbocycles. The maximum absolute atomic E-state index is 10.7. The number of rotatable bonds is 3. The summed E-state index contributed by atoms with van der Waals surface area (Å²) in [4.78, 5) is 13.4. The van der Waals surface area contributed by atoms with Gasteiger partial charge >= 0.3 is 51.4 Å². The van der Waals surface area contributed by atoms with E-state index in [1.807, 2.05) is 0 Å². The first-order valence-electron chi connectivity index (χ1n) is 3.10. The van der Waals surface area contributed by atoms with E-state index in [-0.39, 0.29) is 57.3 Å². The molecule has 0 aliphatic heterocycles. The summed E-state index contributed by atoms with van der Waals surface area (Å²) in [5.41, 5.74) is 0. The molecule has 1 heterocycles. The van der Waals surface area contributed by atoms with Gasteiger partial charge in [0.15, 0.2) is 9.84 Å². The summed E-state index contributed by atoms with van der Waals surface area (Å²) in [5.74, 6) is -3.00. The zero-order valence-corrected chi connectivity index (χ0v) is 11.5. The molecule has 0 aliphatic carbocycles. The number of aromatic carboxylic acids is 1. The third kappa shape index (κ3) is 4.62. The van der Waals surface area contributed by atoms with E-state index in [2.05, 4.69) is 14.7 Å².